The zero-order valence-electron chi connectivity index (χ0n) is 45.7. The molecule has 11 atom stereocenters. The van der Waals surface area contributed by atoms with Crippen molar-refractivity contribution in [1.82, 2.24) is 0 Å². The van der Waals surface area contributed by atoms with Crippen LogP contribution in [0.4, 0.5) is 0 Å². The van der Waals surface area contributed by atoms with E-state index in [2.05, 4.69) is 26.0 Å². The van der Waals surface area contributed by atoms with Gasteiger partial charge in [-0.25, -0.2) is 0 Å². The van der Waals surface area contributed by atoms with Gasteiger partial charge in [-0.05, 0) is 38.5 Å². The predicted molar refractivity (Wildman–Crippen MR) is 284 cm³/mol. The monoisotopic (exact) mass is 1030 g/mol. The van der Waals surface area contributed by atoms with Crippen molar-refractivity contribution in [3.8, 4) is 0 Å². The number of hydrogen-bond donors (Lipinski definition) is 7. The lowest BCUT2D eigenvalue weighted by Gasteiger charge is -2.42. The van der Waals surface area contributed by atoms with Crippen molar-refractivity contribution in [2.75, 3.05) is 33.0 Å². The van der Waals surface area contributed by atoms with E-state index in [-0.39, 0.29) is 25.6 Å². The number of unbranched alkanes of at least 4 members (excludes halogenated alkanes) is 33. The Hall–Kier alpha value is -1.27. The Morgan fingerprint density at radius 1 is 0.444 bits per heavy atom. The Balaban J connectivity index is 1.66. The third-order valence-corrected chi connectivity index (χ3v) is 14.5. The first-order chi connectivity index (χ1) is 35.1. The first-order valence-electron chi connectivity index (χ1n) is 29.8. The Bertz CT molecular complexity index is 1240. The highest BCUT2D eigenvalue weighted by Gasteiger charge is 2.47. The van der Waals surface area contributed by atoms with E-state index < -0.39 is 80.7 Å². The molecule has 2 aliphatic rings. The fourth-order valence-corrected chi connectivity index (χ4v) is 9.69. The normalized spacial score (nSPS) is 25.1. The van der Waals surface area contributed by atoms with Gasteiger partial charge in [-0.15, -0.1) is 0 Å². The third kappa shape index (κ3) is 32.3. The second-order valence-electron chi connectivity index (χ2n) is 21.2. The largest absolute Gasteiger partial charge is 0.457 e. The molecule has 2 heterocycles. The minimum Gasteiger partial charge on any atom is -0.457 e. The summed E-state index contributed by atoms with van der Waals surface area (Å²) in [5, 5.41) is 72.3. The average Bonchev–Trinajstić information content (AvgIpc) is 3.38. The van der Waals surface area contributed by atoms with Crippen LogP contribution in [-0.2, 0) is 33.2 Å². The molecular weight excluding hydrogens is 921 g/mol. The van der Waals surface area contributed by atoms with Gasteiger partial charge in [0.25, 0.3) is 0 Å². The highest BCUT2D eigenvalue weighted by atomic mass is 16.7. The molecule has 2 saturated heterocycles. The Labute approximate surface area is 437 Å². The minimum atomic E-state index is -1.70. The van der Waals surface area contributed by atoms with E-state index in [0.29, 0.717) is 13.0 Å². The minimum absolute atomic E-state index is 0.0644. The highest BCUT2D eigenvalue weighted by molar-refractivity contribution is 5.69. The summed E-state index contributed by atoms with van der Waals surface area (Å²) in [4.78, 5) is 13.0. The summed E-state index contributed by atoms with van der Waals surface area (Å²) >= 11 is 0. The molecule has 0 aromatic carbocycles. The van der Waals surface area contributed by atoms with Gasteiger partial charge in [0.2, 0.25) is 0 Å². The van der Waals surface area contributed by atoms with E-state index in [9.17, 15) is 40.5 Å². The molecule has 2 rings (SSSR count). The lowest BCUT2D eigenvalue weighted by atomic mass is 9.98. The molecule has 2 fully saturated rings. The van der Waals surface area contributed by atoms with Crippen LogP contribution in [-0.4, -0.2) is 142 Å². The highest BCUT2D eigenvalue weighted by Crippen LogP contribution is 2.27. The molecule has 7 N–H and O–H groups in total. The molecule has 11 unspecified atom stereocenters. The van der Waals surface area contributed by atoms with Gasteiger partial charge < -0.3 is 64.2 Å². The SMILES string of the molecule is CCCCCC/C=C\CCCCCCCC(=O)OC(COCCCCCCCCCCCCCCCCCCCCCCCCCCC)COC1OC(COC2OC(CO)C(O)C(O)C2O)C(O)C(O)C1O. The zero-order valence-corrected chi connectivity index (χ0v) is 45.7. The second kappa shape index (κ2) is 45.9. The Kier molecular flexibility index (Phi) is 42.6. The van der Waals surface area contributed by atoms with Crippen molar-refractivity contribution in [3.63, 3.8) is 0 Å². The van der Waals surface area contributed by atoms with Crippen LogP contribution in [0.1, 0.15) is 251 Å². The molecule has 0 bridgehead atoms. The Morgan fingerprint density at radius 2 is 0.819 bits per heavy atom. The molecule has 0 aromatic heterocycles. The van der Waals surface area contributed by atoms with Gasteiger partial charge in [0.05, 0.1) is 26.4 Å². The predicted octanol–water partition coefficient (Wildman–Crippen LogP) is 10.6. The van der Waals surface area contributed by atoms with Gasteiger partial charge in [-0.1, -0.05) is 219 Å². The van der Waals surface area contributed by atoms with E-state index in [0.717, 1.165) is 57.8 Å². The third-order valence-electron chi connectivity index (χ3n) is 14.5. The fourth-order valence-electron chi connectivity index (χ4n) is 9.69. The quantitative estimate of drug-likeness (QED) is 0.0172. The van der Waals surface area contributed by atoms with Crippen molar-refractivity contribution < 1.29 is 69.0 Å². The summed E-state index contributed by atoms with van der Waals surface area (Å²) in [5.74, 6) is -0.380. The smallest absolute Gasteiger partial charge is 0.306 e. The van der Waals surface area contributed by atoms with Crippen LogP contribution in [0.15, 0.2) is 12.2 Å². The average molecular weight is 1030 g/mol. The zero-order chi connectivity index (χ0) is 52.3. The molecule has 72 heavy (non-hydrogen) atoms. The van der Waals surface area contributed by atoms with Crippen LogP contribution in [0.2, 0.25) is 0 Å². The second-order valence-corrected chi connectivity index (χ2v) is 21.2. The molecule has 0 radical (unpaired) electrons. The maximum absolute atomic E-state index is 13.0. The van der Waals surface area contributed by atoms with Crippen LogP contribution in [0.25, 0.3) is 0 Å². The van der Waals surface area contributed by atoms with E-state index in [1.54, 1.807) is 0 Å². The molecule has 0 saturated carbocycles. The number of carbonyl (C=O) groups excluding carboxylic acids is 1. The van der Waals surface area contributed by atoms with E-state index in [4.69, 9.17) is 28.4 Å². The van der Waals surface area contributed by atoms with Crippen molar-refractivity contribution in [2.24, 2.45) is 0 Å². The summed E-state index contributed by atoms with van der Waals surface area (Å²) in [7, 11) is 0. The number of allylic oxidation sites excluding steroid dienone is 2. The molecule has 14 nitrogen and oxygen atoms in total. The number of ether oxygens (including phenoxy) is 6. The van der Waals surface area contributed by atoms with Gasteiger partial charge in [0, 0.05) is 13.0 Å². The van der Waals surface area contributed by atoms with Crippen molar-refractivity contribution in [3.05, 3.63) is 12.2 Å². The first kappa shape index (κ1) is 66.8. The lowest BCUT2D eigenvalue weighted by Crippen LogP contribution is -2.61. The molecule has 2 aliphatic heterocycles. The molecule has 0 aliphatic carbocycles. The number of hydrogen-bond acceptors (Lipinski definition) is 14. The summed E-state index contributed by atoms with van der Waals surface area (Å²) in [6.45, 7) is 3.71. The maximum Gasteiger partial charge on any atom is 0.306 e. The number of carbonyl (C=O) groups is 1. The van der Waals surface area contributed by atoms with Crippen LogP contribution in [0, 0.1) is 0 Å². The van der Waals surface area contributed by atoms with Gasteiger partial charge in [-0.2, -0.15) is 0 Å². The first-order valence-corrected chi connectivity index (χ1v) is 29.8. The standard InChI is InChI=1S/C58H110O14/c1-3-5-7-9-11-13-15-17-18-19-20-21-22-23-24-25-26-27-28-30-32-34-36-38-40-42-67-44-47(70-50(60)41-39-37-35-33-31-29-16-14-12-10-8-6-4-2)45-68-57-56(66)54(64)52(62)49(72-57)46-69-58-55(65)53(63)51(61)48(43-59)71-58/h14,16,47-49,51-59,61-66H,3-13,15,17-46H2,1-2H3/b16-14-. The maximum atomic E-state index is 13.0. The molecular formula is C58H110O14. The van der Waals surface area contributed by atoms with Crippen molar-refractivity contribution >= 4 is 5.97 Å². The van der Waals surface area contributed by atoms with Crippen molar-refractivity contribution in [2.45, 2.75) is 319 Å². The van der Waals surface area contributed by atoms with Crippen LogP contribution in [0.3, 0.4) is 0 Å². The molecule has 0 aromatic rings. The molecule has 14 heteroatoms. The molecule has 426 valence electrons. The van der Waals surface area contributed by atoms with E-state index in [1.807, 2.05) is 0 Å². The number of aliphatic hydroxyl groups excluding tert-OH is 7. The van der Waals surface area contributed by atoms with Gasteiger partial charge in [0.1, 0.15) is 54.9 Å². The molecule has 0 spiro atoms. The van der Waals surface area contributed by atoms with Crippen molar-refractivity contribution in [1.29, 1.82) is 0 Å². The van der Waals surface area contributed by atoms with Crippen LogP contribution in [0.5, 0.6) is 0 Å². The molecule has 0 amide bonds. The summed E-state index contributed by atoms with van der Waals surface area (Å²) in [6, 6.07) is 0. The number of rotatable bonds is 49. The summed E-state index contributed by atoms with van der Waals surface area (Å²) < 4.78 is 34.4. The Morgan fingerprint density at radius 3 is 1.28 bits per heavy atom. The van der Waals surface area contributed by atoms with Gasteiger partial charge in [-0.3, -0.25) is 4.79 Å². The van der Waals surface area contributed by atoms with E-state index >= 15 is 0 Å². The summed E-state index contributed by atoms with van der Waals surface area (Å²) in [6.07, 6.45) is 34.3. The van der Waals surface area contributed by atoms with Crippen LogP contribution >= 0.6 is 0 Å². The number of aliphatic hydroxyl groups is 7. The van der Waals surface area contributed by atoms with Gasteiger partial charge in [0.15, 0.2) is 12.6 Å². The van der Waals surface area contributed by atoms with Crippen LogP contribution < -0.4 is 0 Å². The van der Waals surface area contributed by atoms with Gasteiger partial charge >= 0.3 is 5.97 Å². The summed E-state index contributed by atoms with van der Waals surface area (Å²) in [5.41, 5.74) is 0. The fraction of sp³-hybridized carbons (Fsp3) is 0.948. The lowest BCUT2D eigenvalue weighted by molar-refractivity contribution is -0.332. The van der Waals surface area contributed by atoms with E-state index in [1.165, 1.54) is 167 Å². The topological polar surface area (TPSA) is 214 Å². The number of esters is 1.